The topological polar surface area (TPSA) is 71.0 Å². The van der Waals surface area contributed by atoms with Crippen LogP contribution in [0.5, 0.6) is 5.75 Å². The predicted molar refractivity (Wildman–Crippen MR) is 101 cm³/mol. The smallest absolute Gasteiger partial charge is 0.271 e. The van der Waals surface area contributed by atoms with Crippen LogP contribution in [0.4, 0.5) is 11.4 Å². The summed E-state index contributed by atoms with van der Waals surface area (Å²) in [5, 5.41) is 8.36. The Balaban J connectivity index is 1.72. The number of para-hydroxylation sites is 1. The normalized spacial score (nSPS) is 14.2. The summed E-state index contributed by atoms with van der Waals surface area (Å²) in [6.07, 6.45) is 0.666. The molecule has 0 unspecified atom stereocenters. The van der Waals surface area contributed by atoms with Crippen molar-refractivity contribution in [3.05, 3.63) is 54.6 Å². The molecule has 1 aliphatic rings. The molecule has 0 spiro atoms. The van der Waals surface area contributed by atoms with E-state index in [4.69, 9.17) is 4.74 Å². The van der Waals surface area contributed by atoms with Crippen LogP contribution in [0.25, 0.3) is 0 Å². The lowest BCUT2D eigenvalue weighted by Gasteiger charge is -2.23. The lowest BCUT2D eigenvalue weighted by Crippen LogP contribution is -2.36. The van der Waals surface area contributed by atoms with Crippen LogP contribution in [0.2, 0.25) is 0 Å². The maximum absolute atomic E-state index is 12.5. The number of amides is 2. The first-order chi connectivity index (χ1) is 12.5. The molecule has 1 heterocycles. The third kappa shape index (κ3) is 4.27. The summed E-state index contributed by atoms with van der Waals surface area (Å²) in [5.74, 6) is 0.313. The number of anilines is 2. The average Bonchev–Trinajstić information content (AvgIpc) is 2.64. The molecule has 0 aliphatic carbocycles. The third-order valence-electron chi connectivity index (χ3n) is 3.78. The minimum atomic E-state index is -0.309. The summed E-state index contributed by atoms with van der Waals surface area (Å²) in [6, 6.07) is 16.3. The van der Waals surface area contributed by atoms with Crippen molar-refractivity contribution < 1.29 is 14.3 Å². The third-order valence-corrected chi connectivity index (χ3v) is 3.78. The molecule has 0 saturated carbocycles. The summed E-state index contributed by atoms with van der Waals surface area (Å²) in [7, 11) is 0. The fourth-order valence-electron chi connectivity index (χ4n) is 2.58. The van der Waals surface area contributed by atoms with Crippen molar-refractivity contribution in [2.45, 2.75) is 32.8 Å². The van der Waals surface area contributed by atoms with E-state index in [0.29, 0.717) is 23.5 Å². The number of carbonyl (C=O) groups is 2. The molecule has 0 aromatic heterocycles. The number of nitrogens with one attached hydrogen (secondary N) is 1. The zero-order valence-electron chi connectivity index (χ0n) is 14.8. The van der Waals surface area contributed by atoms with Gasteiger partial charge in [0.25, 0.3) is 5.91 Å². The van der Waals surface area contributed by atoms with Gasteiger partial charge in [0.1, 0.15) is 11.5 Å². The summed E-state index contributed by atoms with van der Waals surface area (Å²) < 4.78 is 5.58. The molecule has 3 rings (SSSR count). The van der Waals surface area contributed by atoms with Gasteiger partial charge in [-0.2, -0.15) is 5.10 Å². The number of nitrogens with zero attached hydrogens (tertiary/aromatic N) is 2. The number of ether oxygens (including phenoxy) is 1. The van der Waals surface area contributed by atoms with Gasteiger partial charge in [-0.05, 0) is 50.2 Å². The summed E-state index contributed by atoms with van der Waals surface area (Å²) >= 11 is 0. The number of hydrogen-bond acceptors (Lipinski definition) is 4. The Morgan fingerprint density at radius 2 is 1.77 bits per heavy atom. The Morgan fingerprint density at radius 1 is 1.08 bits per heavy atom. The molecule has 26 heavy (non-hydrogen) atoms. The van der Waals surface area contributed by atoms with Crippen LogP contribution in [-0.4, -0.2) is 23.6 Å². The van der Waals surface area contributed by atoms with Crippen molar-refractivity contribution in [1.29, 1.82) is 0 Å². The maximum atomic E-state index is 12.5. The fraction of sp³-hybridized carbons (Fsp3) is 0.250. The van der Waals surface area contributed by atoms with Crippen molar-refractivity contribution >= 4 is 28.9 Å². The van der Waals surface area contributed by atoms with Crippen LogP contribution in [0.1, 0.15) is 26.7 Å². The summed E-state index contributed by atoms with van der Waals surface area (Å²) in [4.78, 5) is 24.6. The van der Waals surface area contributed by atoms with E-state index in [1.807, 2.05) is 32.0 Å². The zero-order chi connectivity index (χ0) is 18.5. The molecule has 0 radical (unpaired) electrons. The summed E-state index contributed by atoms with van der Waals surface area (Å²) in [6.45, 7) is 3.91. The van der Waals surface area contributed by atoms with Crippen LogP contribution < -0.4 is 15.1 Å². The molecule has 0 saturated heterocycles. The van der Waals surface area contributed by atoms with Crippen molar-refractivity contribution in [2.75, 3.05) is 10.3 Å². The highest BCUT2D eigenvalue weighted by Gasteiger charge is 2.25. The van der Waals surface area contributed by atoms with Gasteiger partial charge in [-0.15, -0.1) is 0 Å². The Kier molecular flexibility index (Phi) is 5.31. The number of rotatable bonds is 5. The van der Waals surface area contributed by atoms with Crippen molar-refractivity contribution in [3.63, 3.8) is 0 Å². The second-order valence-electron chi connectivity index (χ2n) is 6.23. The zero-order valence-corrected chi connectivity index (χ0v) is 14.8. The standard InChI is InChI=1S/C20H21N3O3/c1-14(2)26-17-10-8-15(9-11-17)21-20(25)18-12-13-19(24)23(22-18)16-6-4-3-5-7-16/h3-11,14H,12-13H2,1-2H3,(H,21,25). The minimum Gasteiger partial charge on any atom is -0.491 e. The molecule has 2 aromatic carbocycles. The number of hydrogen-bond donors (Lipinski definition) is 1. The second-order valence-corrected chi connectivity index (χ2v) is 6.23. The first kappa shape index (κ1) is 17.7. The minimum absolute atomic E-state index is 0.0912. The van der Waals surface area contributed by atoms with Gasteiger partial charge in [0, 0.05) is 18.5 Å². The van der Waals surface area contributed by atoms with Crippen molar-refractivity contribution in [1.82, 2.24) is 0 Å². The van der Waals surface area contributed by atoms with Crippen LogP contribution in [0.3, 0.4) is 0 Å². The van der Waals surface area contributed by atoms with Gasteiger partial charge in [-0.25, -0.2) is 5.01 Å². The lowest BCUT2D eigenvalue weighted by atomic mass is 10.1. The van der Waals surface area contributed by atoms with E-state index in [-0.39, 0.29) is 24.3 Å². The Bertz CT molecular complexity index is 814. The van der Waals surface area contributed by atoms with E-state index in [0.717, 1.165) is 5.75 Å². The first-order valence-corrected chi connectivity index (χ1v) is 8.56. The molecule has 1 aliphatic heterocycles. The molecule has 6 nitrogen and oxygen atoms in total. The van der Waals surface area contributed by atoms with Crippen molar-refractivity contribution in [3.8, 4) is 5.75 Å². The molecule has 6 heteroatoms. The highest BCUT2D eigenvalue weighted by Crippen LogP contribution is 2.21. The lowest BCUT2D eigenvalue weighted by molar-refractivity contribution is -0.118. The van der Waals surface area contributed by atoms with Gasteiger partial charge in [-0.3, -0.25) is 9.59 Å². The van der Waals surface area contributed by atoms with E-state index >= 15 is 0 Å². The van der Waals surface area contributed by atoms with Gasteiger partial charge in [-0.1, -0.05) is 18.2 Å². The maximum Gasteiger partial charge on any atom is 0.271 e. The Labute approximate surface area is 152 Å². The monoisotopic (exact) mass is 351 g/mol. The van der Waals surface area contributed by atoms with E-state index < -0.39 is 0 Å². The van der Waals surface area contributed by atoms with E-state index in [9.17, 15) is 9.59 Å². The average molecular weight is 351 g/mol. The first-order valence-electron chi connectivity index (χ1n) is 8.56. The molecular formula is C20H21N3O3. The molecule has 1 N–H and O–H groups in total. The largest absolute Gasteiger partial charge is 0.491 e. The van der Waals surface area contributed by atoms with Gasteiger partial charge >= 0.3 is 0 Å². The van der Waals surface area contributed by atoms with Gasteiger partial charge in [0.05, 0.1) is 11.8 Å². The number of carbonyl (C=O) groups excluding carboxylic acids is 2. The van der Waals surface area contributed by atoms with Gasteiger partial charge in [0.15, 0.2) is 0 Å². The van der Waals surface area contributed by atoms with Gasteiger partial charge in [0.2, 0.25) is 5.91 Å². The Hall–Kier alpha value is -3.15. The summed E-state index contributed by atoms with van der Waals surface area (Å²) in [5.41, 5.74) is 1.63. The number of hydrazone groups is 1. The second kappa shape index (κ2) is 7.82. The highest BCUT2D eigenvalue weighted by atomic mass is 16.5. The van der Waals surface area contributed by atoms with Crippen LogP contribution in [0, 0.1) is 0 Å². The van der Waals surface area contributed by atoms with Crippen LogP contribution >= 0.6 is 0 Å². The molecule has 134 valence electrons. The van der Waals surface area contributed by atoms with E-state index in [1.165, 1.54) is 5.01 Å². The number of benzene rings is 2. The molecule has 2 amide bonds. The quantitative estimate of drug-likeness (QED) is 0.895. The van der Waals surface area contributed by atoms with Crippen molar-refractivity contribution in [2.24, 2.45) is 5.10 Å². The molecule has 2 aromatic rings. The van der Waals surface area contributed by atoms with Crippen LogP contribution in [0.15, 0.2) is 59.7 Å². The molecule has 0 atom stereocenters. The molecule has 0 fully saturated rings. The fourth-order valence-corrected chi connectivity index (χ4v) is 2.58. The van der Waals surface area contributed by atoms with Gasteiger partial charge < -0.3 is 10.1 Å². The van der Waals surface area contributed by atoms with E-state index in [1.54, 1.807) is 36.4 Å². The predicted octanol–water partition coefficient (Wildman–Crippen LogP) is 3.60. The van der Waals surface area contributed by atoms with E-state index in [2.05, 4.69) is 10.4 Å². The highest BCUT2D eigenvalue weighted by molar-refractivity contribution is 6.44. The molecule has 0 bridgehead atoms. The van der Waals surface area contributed by atoms with Crippen LogP contribution in [-0.2, 0) is 9.59 Å². The molecular weight excluding hydrogens is 330 g/mol. The SMILES string of the molecule is CC(C)Oc1ccc(NC(=O)C2=NN(c3ccccc3)C(=O)CC2)cc1. The Morgan fingerprint density at radius 3 is 2.42 bits per heavy atom.